The van der Waals surface area contributed by atoms with Gasteiger partial charge in [0.25, 0.3) is 0 Å². The number of benzene rings is 1. The largest absolute Gasteiger partial charge is 0.370 e. The van der Waals surface area contributed by atoms with Gasteiger partial charge in [0.2, 0.25) is 5.95 Å². The van der Waals surface area contributed by atoms with Crippen LogP contribution in [0.1, 0.15) is 6.92 Å². The van der Waals surface area contributed by atoms with Crippen LogP contribution in [-0.2, 0) is 0 Å². The highest BCUT2D eigenvalue weighted by molar-refractivity contribution is 5.90. The maximum atomic E-state index is 4.53. The molecular weight excluding hydrogens is 250 g/mol. The lowest BCUT2D eigenvalue weighted by Crippen LogP contribution is -2.04. The number of para-hydroxylation sites is 1. The molecule has 2 aromatic heterocycles. The van der Waals surface area contributed by atoms with Gasteiger partial charge < -0.3 is 10.6 Å². The van der Waals surface area contributed by atoms with Crippen molar-refractivity contribution in [2.24, 2.45) is 0 Å². The van der Waals surface area contributed by atoms with E-state index in [-0.39, 0.29) is 0 Å². The molecule has 1 aromatic carbocycles. The Morgan fingerprint density at radius 3 is 2.60 bits per heavy atom. The second-order valence-corrected chi connectivity index (χ2v) is 4.30. The number of anilines is 3. The number of aromatic nitrogens is 3. The smallest absolute Gasteiger partial charge is 0.229 e. The van der Waals surface area contributed by atoms with Gasteiger partial charge in [-0.2, -0.15) is 4.98 Å². The number of pyridine rings is 1. The molecule has 0 aliphatic carbocycles. The van der Waals surface area contributed by atoms with Gasteiger partial charge in [0, 0.05) is 30.0 Å². The zero-order valence-electron chi connectivity index (χ0n) is 11.2. The number of hydrogen-bond donors (Lipinski definition) is 2. The van der Waals surface area contributed by atoms with Crippen molar-refractivity contribution in [2.75, 3.05) is 17.2 Å². The molecule has 2 heterocycles. The lowest BCUT2D eigenvalue weighted by atomic mass is 10.2. The molecule has 100 valence electrons. The molecule has 0 atom stereocenters. The Morgan fingerprint density at radius 2 is 1.80 bits per heavy atom. The molecule has 0 aliphatic rings. The fourth-order valence-electron chi connectivity index (χ4n) is 2.00. The standard InChI is InChI=1S/C15H15N5/c1-2-17-14-12-5-3-4-6-13(12)19-15(20-14)18-11-7-9-16-10-8-11/h3-10H,2H2,1H3,(H2,16,17,18,19,20). The molecule has 0 saturated heterocycles. The maximum absolute atomic E-state index is 4.53. The first-order valence-corrected chi connectivity index (χ1v) is 6.54. The predicted octanol–water partition coefficient (Wildman–Crippen LogP) is 3.20. The van der Waals surface area contributed by atoms with Crippen molar-refractivity contribution in [3.63, 3.8) is 0 Å². The van der Waals surface area contributed by atoms with Gasteiger partial charge in [-0.25, -0.2) is 4.98 Å². The number of fused-ring (bicyclic) bond motifs is 1. The summed E-state index contributed by atoms with van der Waals surface area (Å²) in [4.78, 5) is 13.1. The van der Waals surface area contributed by atoms with E-state index in [0.29, 0.717) is 5.95 Å². The van der Waals surface area contributed by atoms with Crippen molar-refractivity contribution in [1.82, 2.24) is 15.0 Å². The molecule has 0 saturated carbocycles. The fourth-order valence-corrected chi connectivity index (χ4v) is 2.00. The second-order valence-electron chi connectivity index (χ2n) is 4.30. The van der Waals surface area contributed by atoms with Gasteiger partial charge in [-0.15, -0.1) is 0 Å². The lowest BCUT2D eigenvalue weighted by molar-refractivity contribution is 1.14. The molecule has 5 heteroatoms. The third-order valence-electron chi connectivity index (χ3n) is 2.88. The van der Waals surface area contributed by atoms with Crippen molar-refractivity contribution in [1.29, 1.82) is 0 Å². The highest BCUT2D eigenvalue weighted by atomic mass is 15.1. The van der Waals surface area contributed by atoms with Crippen LogP contribution >= 0.6 is 0 Å². The van der Waals surface area contributed by atoms with Gasteiger partial charge in [0.1, 0.15) is 5.82 Å². The van der Waals surface area contributed by atoms with Crippen LogP contribution in [0.5, 0.6) is 0 Å². The van der Waals surface area contributed by atoms with Gasteiger partial charge in [-0.1, -0.05) is 12.1 Å². The topological polar surface area (TPSA) is 62.7 Å². The lowest BCUT2D eigenvalue weighted by Gasteiger charge is -2.10. The monoisotopic (exact) mass is 265 g/mol. The van der Waals surface area contributed by atoms with E-state index >= 15 is 0 Å². The summed E-state index contributed by atoms with van der Waals surface area (Å²) in [6.07, 6.45) is 3.46. The third-order valence-corrected chi connectivity index (χ3v) is 2.88. The van der Waals surface area contributed by atoms with Crippen LogP contribution in [0.25, 0.3) is 10.9 Å². The fraction of sp³-hybridized carbons (Fsp3) is 0.133. The summed E-state index contributed by atoms with van der Waals surface area (Å²) < 4.78 is 0. The first-order valence-electron chi connectivity index (χ1n) is 6.54. The molecule has 3 aromatic rings. The highest BCUT2D eigenvalue weighted by Crippen LogP contribution is 2.23. The molecule has 2 N–H and O–H groups in total. The highest BCUT2D eigenvalue weighted by Gasteiger charge is 2.06. The molecule has 0 spiro atoms. The Labute approximate surface area is 117 Å². The second kappa shape index (κ2) is 5.52. The maximum Gasteiger partial charge on any atom is 0.229 e. The van der Waals surface area contributed by atoms with E-state index < -0.39 is 0 Å². The summed E-state index contributed by atoms with van der Waals surface area (Å²) in [5.41, 5.74) is 1.83. The van der Waals surface area contributed by atoms with Gasteiger partial charge in [0.05, 0.1) is 5.52 Å². The van der Waals surface area contributed by atoms with E-state index in [4.69, 9.17) is 0 Å². The molecule has 0 amide bonds. The minimum Gasteiger partial charge on any atom is -0.370 e. The van der Waals surface area contributed by atoms with Crippen LogP contribution in [0.15, 0.2) is 48.8 Å². The van der Waals surface area contributed by atoms with Crippen LogP contribution in [0.3, 0.4) is 0 Å². The molecule has 0 aliphatic heterocycles. The Kier molecular flexibility index (Phi) is 3.41. The zero-order chi connectivity index (χ0) is 13.8. The van der Waals surface area contributed by atoms with Gasteiger partial charge in [-0.05, 0) is 31.2 Å². The molecule has 0 bridgehead atoms. The Balaban J connectivity index is 2.03. The van der Waals surface area contributed by atoms with Crippen molar-refractivity contribution >= 4 is 28.4 Å². The average Bonchev–Trinajstić information content (AvgIpc) is 2.49. The van der Waals surface area contributed by atoms with Crippen molar-refractivity contribution in [3.05, 3.63) is 48.8 Å². The zero-order valence-corrected chi connectivity index (χ0v) is 11.2. The van der Waals surface area contributed by atoms with Gasteiger partial charge in [-0.3, -0.25) is 4.98 Å². The molecule has 0 radical (unpaired) electrons. The summed E-state index contributed by atoms with van der Waals surface area (Å²) in [5, 5.41) is 7.49. The Hall–Kier alpha value is -2.69. The van der Waals surface area contributed by atoms with E-state index in [1.165, 1.54) is 0 Å². The number of hydrogen-bond acceptors (Lipinski definition) is 5. The van der Waals surface area contributed by atoms with E-state index in [2.05, 4.69) is 25.6 Å². The average molecular weight is 265 g/mol. The van der Waals surface area contributed by atoms with E-state index in [0.717, 1.165) is 29.0 Å². The van der Waals surface area contributed by atoms with Crippen LogP contribution < -0.4 is 10.6 Å². The Morgan fingerprint density at radius 1 is 1.00 bits per heavy atom. The third kappa shape index (κ3) is 2.51. The normalized spacial score (nSPS) is 10.4. The predicted molar refractivity (Wildman–Crippen MR) is 81.2 cm³/mol. The molecule has 0 fully saturated rings. The minimum absolute atomic E-state index is 0.575. The first kappa shape index (κ1) is 12.3. The molecular formula is C15H15N5. The summed E-state index contributed by atoms with van der Waals surface area (Å²) >= 11 is 0. The quantitative estimate of drug-likeness (QED) is 0.758. The number of nitrogens with zero attached hydrogens (tertiary/aromatic N) is 3. The van der Waals surface area contributed by atoms with Crippen LogP contribution in [0.2, 0.25) is 0 Å². The summed E-state index contributed by atoms with van der Waals surface area (Å²) in [7, 11) is 0. The Bertz CT molecular complexity index is 712. The van der Waals surface area contributed by atoms with E-state index in [9.17, 15) is 0 Å². The van der Waals surface area contributed by atoms with Crippen LogP contribution in [-0.4, -0.2) is 21.5 Å². The summed E-state index contributed by atoms with van der Waals surface area (Å²) in [6, 6.07) is 11.7. The SMILES string of the molecule is CCNc1nc(Nc2ccncc2)nc2ccccc12. The summed E-state index contributed by atoms with van der Waals surface area (Å²) in [6.45, 7) is 2.86. The van der Waals surface area contributed by atoms with Crippen molar-refractivity contribution in [3.8, 4) is 0 Å². The van der Waals surface area contributed by atoms with E-state index in [1.54, 1.807) is 12.4 Å². The summed E-state index contributed by atoms with van der Waals surface area (Å²) in [5.74, 6) is 1.42. The van der Waals surface area contributed by atoms with Gasteiger partial charge >= 0.3 is 0 Å². The van der Waals surface area contributed by atoms with Crippen molar-refractivity contribution in [2.45, 2.75) is 6.92 Å². The van der Waals surface area contributed by atoms with E-state index in [1.807, 2.05) is 43.3 Å². The van der Waals surface area contributed by atoms with Crippen LogP contribution in [0.4, 0.5) is 17.5 Å². The molecule has 0 unspecified atom stereocenters. The van der Waals surface area contributed by atoms with Gasteiger partial charge in [0.15, 0.2) is 0 Å². The molecule has 3 rings (SSSR count). The van der Waals surface area contributed by atoms with Crippen LogP contribution in [0, 0.1) is 0 Å². The van der Waals surface area contributed by atoms with Crippen molar-refractivity contribution < 1.29 is 0 Å². The number of nitrogens with one attached hydrogen (secondary N) is 2. The molecule has 5 nitrogen and oxygen atoms in total. The number of rotatable bonds is 4. The first-order chi connectivity index (χ1) is 9.86. The molecule has 20 heavy (non-hydrogen) atoms. The minimum atomic E-state index is 0.575.